The number of carbonyl (C=O) groups excluding carboxylic acids is 1. The summed E-state index contributed by atoms with van der Waals surface area (Å²) in [6, 6.07) is 5.24. The Bertz CT molecular complexity index is 807. The first-order valence-electron chi connectivity index (χ1n) is 7.76. The standard InChI is InChI=1S/C17H19ClN2O3/c1-11-7-16-14(9-15(11)18)13(8-17(22)23-16)10-19-3-5-20(6-4-19)12(2)21/h7-9H,3-6,10H2,1-2H3/p+1. The van der Waals surface area contributed by atoms with Crippen LogP contribution < -0.4 is 10.5 Å². The minimum absolute atomic E-state index is 0.122. The first-order chi connectivity index (χ1) is 10.9. The van der Waals surface area contributed by atoms with E-state index in [2.05, 4.69) is 0 Å². The number of piperazine rings is 1. The van der Waals surface area contributed by atoms with Crippen LogP contribution in [0, 0.1) is 6.92 Å². The van der Waals surface area contributed by atoms with Gasteiger partial charge in [-0.25, -0.2) is 4.79 Å². The largest absolute Gasteiger partial charge is 0.423 e. The van der Waals surface area contributed by atoms with Crippen molar-refractivity contribution in [3.63, 3.8) is 0 Å². The van der Waals surface area contributed by atoms with E-state index in [0.29, 0.717) is 10.6 Å². The number of aryl methyl sites for hydroxylation is 1. The molecule has 0 unspecified atom stereocenters. The van der Waals surface area contributed by atoms with E-state index in [4.69, 9.17) is 16.0 Å². The number of nitrogens with zero attached hydrogens (tertiary/aromatic N) is 1. The van der Waals surface area contributed by atoms with E-state index in [1.807, 2.05) is 24.0 Å². The molecule has 23 heavy (non-hydrogen) atoms. The normalized spacial score (nSPS) is 16.0. The van der Waals surface area contributed by atoms with Crippen LogP contribution in [0.15, 0.2) is 27.4 Å². The van der Waals surface area contributed by atoms with Crippen molar-refractivity contribution in [1.29, 1.82) is 0 Å². The van der Waals surface area contributed by atoms with E-state index in [0.717, 1.165) is 49.2 Å². The summed E-state index contributed by atoms with van der Waals surface area (Å²) in [7, 11) is 0. The van der Waals surface area contributed by atoms with Crippen LogP contribution in [0.25, 0.3) is 11.0 Å². The summed E-state index contributed by atoms with van der Waals surface area (Å²) >= 11 is 6.23. The molecule has 6 heteroatoms. The van der Waals surface area contributed by atoms with E-state index in [9.17, 15) is 9.59 Å². The lowest BCUT2D eigenvalue weighted by Crippen LogP contribution is -3.13. The van der Waals surface area contributed by atoms with Gasteiger partial charge in [0.15, 0.2) is 0 Å². The maximum Gasteiger partial charge on any atom is 0.336 e. The number of nitrogens with one attached hydrogen (secondary N) is 1. The smallest absolute Gasteiger partial charge is 0.336 e. The Morgan fingerprint density at radius 3 is 2.65 bits per heavy atom. The fourth-order valence-corrected chi connectivity index (χ4v) is 3.24. The molecule has 0 spiro atoms. The fourth-order valence-electron chi connectivity index (χ4n) is 3.08. The molecule has 122 valence electrons. The molecule has 2 heterocycles. The molecule has 0 aliphatic carbocycles. The molecule has 5 nitrogen and oxygen atoms in total. The van der Waals surface area contributed by atoms with Crippen molar-refractivity contribution in [1.82, 2.24) is 4.90 Å². The maximum absolute atomic E-state index is 11.8. The van der Waals surface area contributed by atoms with E-state index in [-0.39, 0.29) is 11.5 Å². The highest BCUT2D eigenvalue weighted by molar-refractivity contribution is 6.32. The summed E-state index contributed by atoms with van der Waals surface area (Å²) < 4.78 is 5.30. The van der Waals surface area contributed by atoms with E-state index in [1.54, 1.807) is 13.0 Å². The number of fused-ring (bicyclic) bond motifs is 1. The number of quaternary nitrogens is 1. The van der Waals surface area contributed by atoms with Gasteiger partial charge in [-0.05, 0) is 24.6 Å². The van der Waals surface area contributed by atoms with Crippen LogP contribution in [0.3, 0.4) is 0 Å². The summed E-state index contributed by atoms with van der Waals surface area (Å²) in [4.78, 5) is 26.4. The summed E-state index contributed by atoms with van der Waals surface area (Å²) in [5, 5.41) is 1.56. The molecule has 0 saturated carbocycles. The van der Waals surface area contributed by atoms with Gasteiger partial charge in [0, 0.05) is 29.0 Å². The summed E-state index contributed by atoms with van der Waals surface area (Å²) in [5.41, 5.74) is 2.08. The highest BCUT2D eigenvalue weighted by Crippen LogP contribution is 2.24. The fraction of sp³-hybridized carbons (Fsp3) is 0.412. The SMILES string of the molecule is CC(=O)N1CC[NH+](Cc2cc(=O)oc3cc(C)c(Cl)cc23)CC1. The van der Waals surface area contributed by atoms with Crippen molar-refractivity contribution in [3.8, 4) is 0 Å². The van der Waals surface area contributed by atoms with Gasteiger partial charge >= 0.3 is 5.63 Å². The Labute approximate surface area is 139 Å². The predicted octanol–water partition coefficient (Wildman–Crippen LogP) is 1.00. The monoisotopic (exact) mass is 335 g/mol. The third-order valence-corrected chi connectivity index (χ3v) is 4.87. The molecule has 1 fully saturated rings. The lowest BCUT2D eigenvalue weighted by molar-refractivity contribution is -0.917. The topological polar surface area (TPSA) is 55.0 Å². The number of benzene rings is 1. The van der Waals surface area contributed by atoms with Crippen molar-refractivity contribution < 1.29 is 14.1 Å². The second kappa shape index (κ2) is 6.34. The molecule has 0 atom stereocenters. The Kier molecular flexibility index (Phi) is 4.41. The maximum atomic E-state index is 11.8. The number of carbonyl (C=O) groups is 1. The summed E-state index contributed by atoms with van der Waals surface area (Å²) in [5.74, 6) is 0.122. The Morgan fingerprint density at radius 1 is 1.30 bits per heavy atom. The second-order valence-electron chi connectivity index (χ2n) is 6.12. The number of amides is 1. The van der Waals surface area contributed by atoms with Gasteiger partial charge in [-0.1, -0.05) is 11.6 Å². The molecule has 1 aromatic heterocycles. The van der Waals surface area contributed by atoms with E-state index < -0.39 is 0 Å². The molecule has 1 aliphatic heterocycles. The molecule has 1 aliphatic rings. The molecule has 3 rings (SSSR count). The Morgan fingerprint density at radius 2 is 2.00 bits per heavy atom. The molecule has 1 amide bonds. The van der Waals surface area contributed by atoms with Crippen molar-refractivity contribution in [2.75, 3.05) is 26.2 Å². The molecular formula is C17H20ClN2O3+. The molecule has 2 aromatic rings. The lowest BCUT2D eigenvalue weighted by Gasteiger charge is -2.31. The van der Waals surface area contributed by atoms with Crippen molar-refractivity contribution in [2.24, 2.45) is 0 Å². The van der Waals surface area contributed by atoms with Crippen LogP contribution in [-0.4, -0.2) is 37.0 Å². The van der Waals surface area contributed by atoms with Crippen LogP contribution in [0.1, 0.15) is 18.1 Å². The van der Waals surface area contributed by atoms with Gasteiger partial charge in [-0.3, -0.25) is 4.79 Å². The van der Waals surface area contributed by atoms with Gasteiger partial charge in [0.25, 0.3) is 0 Å². The highest BCUT2D eigenvalue weighted by Gasteiger charge is 2.22. The number of hydrogen-bond acceptors (Lipinski definition) is 3. The molecule has 0 bridgehead atoms. The van der Waals surface area contributed by atoms with Gasteiger partial charge < -0.3 is 14.2 Å². The number of rotatable bonds is 2. The molecule has 1 saturated heterocycles. The minimum Gasteiger partial charge on any atom is -0.423 e. The van der Waals surface area contributed by atoms with Crippen LogP contribution in [0.2, 0.25) is 5.02 Å². The third-order valence-electron chi connectivity index (χ3n) is 4.47. The first kappa shape index (κ1) is 16.0. The summed E-state index contributed by atoms with van der Waals surface area (Å²) in [6.45, 7) is 7.48. The predicted molar refractivity (Wildman–Crippen MR) is 88.9 cm³/mol. The van der Waals surface area contributed by atoms with Crippen LogP contribution in [-0.2, 0) is 11.3 Å². The minimum atomic E-state index is -0.337. The first-order valence-corrected chi connectivity index (χ1v) is 8.14. The molecule has 1 N–H and O–H groups in total. The van der Waals surface area contributed by atoms with Crippen LogP contribution in [0.5, 0.6) is 0 Å². The third kappa shape index (κ3) is 3.41. The molecule has 0 radical (unpaired) electrons. The van der Waals surface area contributed by atoms with E-state index >= 15 is 0 Å². The van der Waals surface area contributed by atoms with E-state index in [1.165, 1.54) is 4.90 Å². The number of halogens is 1. The van der Waals surface area contributed by atoms with Gasteiger partial charge in [-0.15, -0.1) is 0 Å². The quantitative estimate of drug-likeness (QED) is 0.833. The van der Waals surface area contributed by atoms with Crippen molar-refractivity contribution >= 4 is 28.5 Å². The van der Waals surface area contributed by atoms with Gasteiger partial charge in [-0.2, -0.15) is 0 Å². The van der Waals surface area contributed by atoms with Crippen LogP contribution in [0.4, 0.5) is 0 Å². The average molecular weight is 336 g/mol. The molecular weight excluding hydrogens is 316 g/mol. The summed E-state index contributed by atoms with van der Waals surface area (Å²) in [6.07, 6.45) is 0. The van der Waals surface area contributed by atoms with Gasteiger partial charge in [0.2, 0.25) is 5.91 Å². The second-order valence-corrected chi connectivity index (χ2v) is 6.53. The Balaban J connectivity index is 1.87. The average Bonchev–Trinajstić information content (AvgIpc) is 2.50. The van der Waals surface area contributed by atoms with Crippen molar-refractivity contribution in [3.05, 3.63) is 44.8 Å². The van der Waals surface area contributed by atoms with Crippen LogP contribution >= 0.6 is 11.6 Å². The molecule has 1 aromatic carbocycles. The van der Waals surface area contributed by atoms with Gasteiger partial charge in [0.1, 0.15) is 12.1 Å². The van der Waals surface area contributed by atoms with Crippen molar-refractivity contribution in [2.45, 2.75) is 20.4 Å². The zero-order valence-electron chi connectivity index (χ0n) is 13.3. The number of hydrogen-bond donors (Lipinski definition) is 1. The highest BCUT2D eigenvalue weighted by atomic mass is 35.5. The zero-order chi connectivity index (χ0) is 16.6. The lowest BCUT2D eigenvalue weighted by atomic mass is 10.1. The van der Waals surface area contributed by atoms with Gasteiger partial charge in [0.05, 0.1) is 26.2 Å². The zero-order valence-corrected chi connectivity index (χ0v) is 14.1. The Hall–Kier alpha value is -1.85.